The molecule has 7 heteroatoms. The number of carboxylic acid groups (broad SMARTS) is 1. The summed E-state index contributed by atoms with van der Waals surface area (Å²) in [6.07, 6.45) is -2.18. The van der Waals surface area contributed by atoms with Gasteiger partial charge in [0.2, 0.25) is 0 Å². The molecule has 0 atom stereocenters. The zero-order valence-electron chi connectivity index (χ0n) is 9.91. The molecule has 0 heterocycles. The number of anilines is 1. The molecule has 1 N–H and O–H groups in total. The van der Waals surface area contributed by atoms with Crippen LogP contribution in [0.1, 0.15) is 5.56 Å². The lowest BCUT2D eigenvalue weighted by atomic mass is 10.1. The van der Waals surface area contributed by atoms with E-state index in [9.17, 15) is 18.0 Å². The van der Waals surface area contributed by atoms with E-state index >= 15 is 0 Å². The highest BCUT2D eigenvalue weighted by molar-refractivity contribution is 9.10. The first-order valence-corrected chi connectivity index (χ1v) is 5.97. The van der Waals surface area contributed by atoms with Crippen LogP contribution in [-0.4, -0.2) is 30.8 Å². The third-order valence-electron chi connectivity index (χ3n) is 2.23. The van der Waals surface area contributed by atoms with Crippen molar-refractivity contribution in [2.45, 2.75) is 6.18 Å². The van der Waals surface area contributed by atoms with Gasteiger partial charge >= 0.3 is 12.1 Å². The molecule has 0 bridgehead atoms. The number of rotatable bonds is 4. The van der Waals surface area contributed by atoms with Crippen molar-refractivity contribution in [2.75, 3.05) is 18.5 Å². The fourth-order valence-electron chi connectivity index (χ4n) is 1.50. The Balaban J connectivity index is 3.09. The van der Waals surface area contributed by atoms with Crippen LogP contribution in [-0.2, 0) is 4.79 Å². The van der Waals surface area contributed by atoms with Gasteiger partial charge < -0.3 is 10.0 Å². The minimum atomic E-state index is -4.33. The third-order valence-corrected chi connectivity index (χ3v) is 2.72. The molecule has 104 valence electrons. The minimum absolute atomic E-state index is 0.296. The zero-order chi connectivity index (χ0) is 14.6. The third kappa shape index (κ3) is 5.34. The molecule has 0 amide bonds. The first-order valence-electron chi connectivity index (χ1n) is 5.17. The number of carboxylic acids is 1. The Morgan fingerprint density at radius 3 is 2.63 bits per heavy atom. The van der Waals surface area contributed by atoms with Crippen LogP contribution >= 0.6 is 15.9 Å². The number of alkyl halides is 3. The maximum atomic E-state index is 12.4. The lowest BCUT2D eigenvalue weighted by Crippen LogP contribution is -2.31. The molecule has 1 aromatic carbocycles. The van der Waals surface area contributed by atoms with E-state index in [-0.39, 0.29) is 0 Å². The van der Waals surface area contributed by atoms with Crippen molar-refractivity contribution in [2.24, 2.45) is 0 Å². The van der Waals surface area contributed by atoms with Gasteiger partial charge in [0, 0.05) is 23.3 Å². The largest absolute Gasteiger partial charge is 0.478 e. The number of nitrogens with zero attached hydrogens (tertiary/aromatic N) is 1. The Morgan fingerprint density at radius 1 is 1.47 bits per heavy atom. The van der Waals surface area contributed by atoms with Gasteiger partial charge in [0.15, 0.2) is 0 Å². The molecule has 0 radical (unpaired) electrons. The second-order valence-corrected chi connectivity index (χ2v) is 4.76. The molecule has 3 nitrogen and oxygen atoms in total. The predicted molar refractivity (Wildman–Crippen MR) is 70.1 cm³/mol. The summed E-state index contributed by atoms with van der Waals surface area (Å²) in [5, 5.41) is 8.56. The summed E-state index contributed by atoms with van der Waals surface area (Å²) >= 11 is 3.18. The molecular formula is C12H11BrF3NO2. The van der Waals surface area contributed by atoms with E-state index in [1.165, 1.54) is 19.2 Å². The highest BCUT2D eigenvalue weighted by atomic mass is 79.9. The molecule has 0 aliphatic heterocycles. The lowest BCUT2D eigenvalue weighted by molar-refractivity contribution is -0.131. The van der Waals surface area contributed by atoms with Crippen LogP contribution in [0.25, 0.3) is 6.08 Å². The summed E-state index contributed by atoms with van der Waals surface area (Å²) in [7, 11) is 1.30. The van der Waals surface area contributed by atoms with Crippen molar-refractivity contribution in [3.05, 3.63) is 34.3 Å². The van der Waals surface area contributed by atoms with E-state index in [0.29, 0.717) is 15.7 Å². The topological polar surface area (TPSA) is 40.5 Å². The van der Waals surface area contributed by atoms with Gasteiger partial charge in [-0.1, -0.05) is 22.0 Å². The normalized spacial score (nSPS) is 11.8. The molecule has 0 fully saturated rings. The van der Waals surface area contributed by atoms with Crippen molar-refractivity contribution in [1.82, 2.24) is 0 Å². The monoisotopic (exact) mass is 337 g/mol. The van der Waals surface area contributed by atoms with Gasteiger partial charge in [-0.25, -0.2) is 4.79 Å². The van der Waals surface area contributed by atoms with Crippen LogP contribution < -0.4 is 4.90 Å². The molecule has 0 aliphatic carbocycles. The van der Waals surface area contributed by atoms with Crippen molar-refractivity contribution < 1.29 is 23.1 Å². The summed E-state index contributed by atoms with van der Waals surface area (Å²) in [5.41, 5.74) is 0.696. The van der Waals surface area contributed by atoms with Gasteiger partial charge in [0.25, 0.3) is 0 Å². The second-order valence-electron chi connectivity index (χ2n) is 3.85. The van der Waals surface area contributed by atoms with Crippen LogP contribution in [0.2, 0.25) is 0 Å². The minimum Gasteiger partial charge on any atom is -0.478 e. The number of hydrogen-bond acceptors (Lipinski definition) is 2. The lowest BCUT2D eigenvalue weighted by Gasteiger charge is -2.23. The summed E-state index contributed by atoms with van der Waals surface area (Å²) < 4.78 is 37.7. The van der Waals surface area contributed by atoms with Crippen molar-refractivity contribution in [1.29, 1.82) is 0 Å². The second kappa shape index (κ2) is 6.10. The van der Waals surface area contributed by atoms with Crippen LogP contribution in [0, 0.1) is 0 Å². The van der Waals surface area contributed by atoms with Crippen molar-refractivity contribution in [3.8, 4) is 0 Å². The number of benzene rings is 1. The van der Waals surface area contributed by atoms with Gasteiger partial charge in [-0.2, -0.15) is 13.2 Å². The number of aliphatic carboxylic acids is 1. The van der Waals surface area contributed by atoms with E-state index in [0.717, 1.165) is 11.0 Å². The van der Waals surface area contributed by atoms with Crippen LogP contribution in [0.3, 0.4) is 0 Å². The fraction of sp³-hybridized carbons (Fsp3) is 0.250. The van der Waals surface area contributed by atoms with E-state index < -0.39 is 18.7 Å². The SMILES string of the molecule is CN(CC(F)(F)F)c1cc(Br)ccc1/C=C/C(=O)O. The predicted octanol–water partition coefficient (Wildman–Crippen LogP) is 3.55. The molecule has 0 unspecified atom stereocenters. The maximum absolute atomic E-state index is 12.4. The van der Waals surface area contributed by atoms with E-state index in [1.54, 1.807) is 12.1 Å². The number of carbonyl (C=O) groups is 1. The first kappa shape index (κ1) is 15.6. The van der Waals surface area contributed by atoms with E-state index in [4.69, 9.17) is 5.11 Å². The standard InChI is InChI=1S/C12H11BrF3NO2/c1-17(7-12(14,15)16)10-6-9(13)4-2-8(10)3-5-11(18)19/h2-6H,7H2,1H3,(H,18,19)/b5-3+. The Morgan fingerprint density at radius 2 is 2.11 bits per heavy atom. The van der Waals surface area contributed by atoms with Crippen LogP contribution in [0.5, 0.6) is 0 Å². The molecule has 19 heavy (non-hydrogen) atoms. The molecule has 0 saturated carbocycles. The molecular weight excluding hydrogens is 327 g/mol. The summed E-state index contributed by atoms with van der Waals surface area (Å²) in [4.78, 5) is 11.5. The zero-order valence-corrected chi connectivity index (χ0v) is 11.5. The Bertz CT molecular complexity index is 500. The van der Waals surface area contributed by atoms with Gasteiger partial charge in [0.05, 0.1) is 0 Å². The van der Waals surface area contributed by atoms with Crippen LogP contribution in [0.4, 0.5) is 18.9 Å². The van der Waals surface area contributed by atoms with Gasteiger partial charge in [-0.05, 0) is 23.8 Å². The molecule has 1 rings (SSSR count). The van der Waals surface area contributed by atoms with Crippen molar-refractivity contribution in [3.63, 3.8) is 0 Å². The molecule has 1 aromatic rings. The van der Waals surface area contributed by atoms with Gasteiger partial charge in [-0.15, -0.1) is 0 Å². The number of hydrogen-bond donors (Lipinski definition) is 1. The maximum Gasteiger partial charge on any atom is 0.405 e. The molecule has 0 saturated heterocycles. The van der Waals surface area contributed by atoms with E-state index in [2.05, 4.69) is 15.9 Å². The van der Waals surface area contributed by atoms with Crippen molar-refractivity contribution >= 4 is 33.7 Å². The highest BCUT2D eigenvalue weighted by Gasteiger charge is 2.29. The van der Waals surface area contributed by atoms with E-state index in [1.807, 2.05) is 0 Å². The molecule has 0 aliphatic rings. The smallest absolute Gasteiger partial charge is 0.405 e. The summed E-state index contributed by atoms with van der Waals surface area (Å²) in [5.74, 6) is -1.16. The summed E-state index contributed by atoms with van der Waals surface area (Å²) in [6, 6.07) is 4.69. The summed E-state index contributed by atoms with van der Waals surface area (Å²) in [6.45, 7) is -1.11. The Hall–Kier alpha value is -1.50. The number of halogens is 4. The average molecular weight is 338 g/mol. The Labute approximate surface area is 116 Å². The average Bonchev–Trinajstić information content (AvgIpc) is 2.24. The first-order chi connectivity index (χ1) is 8.69. The van der Waals surface area contributed by atoms with Crippen LogP contribution in [0.15, 0.2) is 28.7 Å². The van der Waals surface area contributed by atoms with Gasteiger partial charge in [0.1, 0.15) is 6.54 Å². The fourth-order valence-corrected chi connectivity index (χ4v) is 1.85. The Kier molecular flexibility index (Phi) is 4.99. The highest BCUT2D eigenvalue weighted by Crippen LogP contribution is 2.28. The molecule has 0 spiro atoms. The molecule has 0 aromatic heterocycles. The quantitative estimate of drug-likeness (QED) is 0.854. The van der Waals surface area contributed by atoms with Gasteiger partial charge in [-0.3, -0.25) is 0 Å².